The summed E-state index contributed by atoms with van der Waals surface area (Å²) in [6.45, 7) is 0.813. The number of hydrogen-bond acceptors (Lipinski definition) is 6. The standard InChI is InChI=1S/C12H19ClN4O2/c1-18-11-15-10(16-12(17-11)19-2)14-7-9-5-3-4-8(9)6-13/h8-9H,3-7H2,1-2H3,(H,14,15,16,17). The molecule has 1 aliphatic carbocycles. The monoisotopic (exact) mass is 286 g/mol. The Labute approximate surface area is 117 Å². The molecule has 0 aliphatic heterocycles. The van der Waals surface area contributed by atoms with Gasteiger partial charge in [0.25, 0.3) is 0 Å². The van der Waals surface area contributed by atoms with Gasteiger partial charge in [-0.05, 0) is 24.7 Å². The first-order valence-electron chi connectivity index (χ1n) is 6.40. The van der Waals surface area contributed by atoms with Gasteiger partial charge in [-0.1, -0.05) is 6.42 Å². The van der Waals surface area contributed by atoms with Gasteiger partial charge in [0, 0.05) is 12.4 Å². The summed E-state index contributed by atoms with van der Waals surface area (Å²) in [5.41, 5.74) is 0. The van der Waals surface area contributed by atoms with E-state index in [2.05, 4.69) is 20.3 Å². The second kappa shape index (κ2) is 6.75. The smallest absolute Gasteiger partial charge is 0.324 e. The number of nitrogens with zero attached hydrogens (tertiary/aromatic N) is 3. The maximum Gasteiger partial charge on any atom is 0.324 e. The topological polar surface area (TPSA) is 69.2 Å². The third-order valence-electron chi connectivity index (χ3n) is 3.50. The van der Waals surface area contributed by atoms with E-state index in [9.17, 15) is 0 Å². The average Bonchev–Trinajstić information content (AvgIpc) is 2.92. The molecular formula is C12H19ClN4O2. The summed E-state index contributed by atoms with van der Waals surface area (Å²) >= 11 is 5.97. The van der Waals surface area contributed by atoms with Gasteiger partial charge in [-0.25, -0.2) is 0 Å². The van der Waals surface area contributed by atoms with Crippen molar-refractivity contribution in [2.24, 2.45) is 11.8 Å². The number of ether oxygens (including phenoxy) is 2. The predicted molar refractivity (Wildman–Crippen MR) is 73.0 cm³/mol. The normalized spacial score (nSPS) is 22.3. The highest BCUT2D eigenvalue weighted by Crippen LogP contribution is 2.32. The van der Waals surface area contributed by atoms with Crippen LogP contribution in [0.2, 0.25) is 0 Å². The first-order valence-corrected chi connectivity index (χ1v) is 6.94. The van der Waals surface area contributed by atoms with E-state index in [0.717, 1.165) is 12.4 Å². The van der Waals surface area contributed by atoms with E-state index in [0.29, 0.717) is 17.8 Å². The molecule has 0 bridgehead atoms. The van der Waals surface area contributed by atoms with E-state index in [4.69, 9.17) is 21.1 Å². The highest BCUT2D eigenvalue weighted by molar-refractivity contribution is 6.18. The Kier molecular flexibility index (Phi) is 5.01. The first kappa shape index (κ1) is 14.1. The number of aromatic nitrogens is 3. The zero-order chi connectivity index (χ0) is 13.7. The number of methoxy groups -OCH3 is 2. The van der Waals surface area contributed by atoms with Gasteiger partial charge < -0.3 is 14.8 Å². The lowest BCUT2D eigenvalue weighted by molar-refractivity contribution is 0.340. The molecule has 1 aromatic rings. The highest BCUT2D eigenvalue weighted by atomic mass is 35.5. The Bertz CT molecular complexity index is 396. The Balaban J connectivity index is 1.98. The van der Waals surface area contributed by atoms with Crippen LogP contribution in [0.5, 0.6) is 12.0 Å². The predicted octanol–water partition coefficient (Wildman–Crippen LogP) is 1.96. The van der Waals surface area contributed by atoms with Gasteiger partial charge in [-0.15, -0.1) is 16.6 Å². The fourth-order valence-electron chi connectivity index (χ4n) is 2.41. The van der Waals surface area contributed by atoms with Gasteiger partial charge in [-0.3, -0.25) is 0 Å². The van der Waals surface area contributed by atoms with Crippen LogP contribution in [0.1, 0.15) is 19.3 Å². The van der Waals surface area contributed by atoms with Crippen LogP contribution in [-0.4, -0.2) is 41.6 Å². The first-order chi connectivity index (χ1) is 9.26. The molecule has 0 amide bonds. The Hall–Kier alpha value is -1.30. The van der Waals surface area contributed by atoms with E-state index in [1.165, 1.54) is 33.5 Å². The summed E-state index contributed by atoms with van der Waals surface area (Å²) in [6.07, 6.45) is 3.65. The Morgan fingerprint density at radius 3 is 2.32 bits per heavy atom. The number of hydrogen-bond donors (Lipinski definition) is 1. The van der Waals surface area contributed by atoms with Gasteiger partial charge in [0.15, 0.2) is 0 Å². The van der Waals surface area contributed by atoms with Crippen LogP contribution < -0.4 is 14.8 Å². The molecule has 106 valence electrons. The zero-order valence-electron chi connectivity index (χ0n) is 11.2. The molecule has 2 rings (SSSR count). The molecule has 6 nitrogen and oxygen atoms in total. The quantitative estimate of drug-likeness (QED) is 0.806. The lowest BCUT2D eigenvalue weighted by Gasteiger charge is -2.17. The van der Waals surface area contributed by atoms with Crippen LogP contribution >= 0.6 is 11.6 Å². The van der Waals surface area contributed by atoms with Crippen LogP contribution in [0.25, 0.3) is 0 Å². The van der Waals surface area contributed by atoms with E-state index < -0.39 is 0 Å². The molecule has 1 aromatic heterocycles. The van der Waals surface area contributed by atoms with Crippen LogP contribution in [0, 0.1) is 11.8 Å². The molecule has 7 heteroatoms. The Morgan fingerprint density at radius 1 is 1.11 bits per heavy atom. The third kappa shape index (κ3) is 3.59. The van der Waals surface area contributed by atoms with Crippen molar-refractivity contribution in [3.8, 4) is 12.0 Å². The van der Waals surface area contributed by atoms with Crippen LogP contribution in [0.4, 0.5) is 5.95 Å². The highest BCUT2D eigenvalue weighted by Gasteiger charge is 2.26. The van der Waals surface area contributed by atoms with E-state index in [-0.39, 0.29) is 12.0 Å². The number of nitrogens with one attached hydrogen (secondary N) is 1. The maximum atomic E-state index is 5.97. The minimum Gasteiger partial charge on any atom is -0.467 e. The van der Waals surface area contributed by atoms with E-state index in [1.54, 1.807) is 0 Å². The Morgan fingerprint density at radius 2 is 1.74 bits per heavy atom. The fraction of sp³-hybridized carbons (Fsp3) is 0.750. The van der Waals surface area contributed by atoms with Gasteiger partial charge in [0.2, 0.25) is 5.95 Å². The molecule has 1 N–H and O–H groups in total. The molecule has 1 saturated carbocycles. The van der Waals surface area contributed by atoms with Gasteiger partial charge >= 0.3 is 12.0 Å². The minimum absolute atomic E-state index is 0.245. The zero-order valence-corrected chi connectivity index (χ0v) is 12.0. The maximum absolute atomic E-state index is 5.97. The molecule has 1 fully saturated rings. The van der Waals surface area contributed by atoms with Crippen molar-refractivity contribution < 1.29 is 9.47 Å². The van der Waals surface area contributed by atoms with Crippen molar-refractivity contribution >= 4 is 17.5 Å². The van der Waals surface area contributed by atoms with Crippen molar-refractivity contribution in [2.45, 2.75) is 19.3 Å². The number of halogens is 1. The number of rotatable bonds is 6. The average molecular weight is 287 g/mol. The minimum atomic E-state index is 0.245. The molecule has 0 spiro atoms. The van der Waals surface area contributed by atoms with Gasteiger partial charge in [0.05, 0.1) is 14.2 Å². The molecule has 0 aromatic carbocycles. The van der Waals surface area contributed by atoms with Gasteiger partial charge in [-0.2, -0.15) is 9.97 Å². The molecule has 2 unspecified atom stereocenters. The lowest BCUT2D eigenvalue weighted by Crippen LogP contribution is -2.20. The lowest BCUT2D eigenvalue weighted by atomic mass is 9.98. The molecule has 1 aliphatic rings. The van der Waals surface area contributed by atoms with Crippen LogP contribution in [0.15, 0.2) is 0 Å². The summed E-state index contributed by atoms with van der Waals surface area (Å²) in [4.78, 5) is 12.2. The van der Waals surface area contributed by atoms with Crippen LogP contribution in [-0.2, 0) is 0 Å². The van der Waals surface area contributed by atoms with Crippen LogP contribution in [0.3, 0.4) is 0 Å². The SMILES string of the molecule is COc1nc(NCC2CCCC2CCl)nc(OC)n1. The summed E-state index contributed by atoms with van der Waals surface area (Å²) in [5.74, 6) is 2.35. The third-order valence-corrected chi connectivity index (χ3v) is 3.89. The molecular weight excluding hydrogens is 268 g/mol. The molecule has 19 heavy (non-hydrogen) atoms. The van der Waals surface area contributed by atoms with Crippen molar-refractivity contribution in [3.63, 3.8) is 0 Å². The largest absolute Gasteiger partial charge is 0.467 e. The fourth-order valence-corrected chi connectivity index (χ4v) is 2.81. The van der Waals surface area contributed by atoms with Crippen molar-refractivity contribution in [1.82, 2.24) is 15.0 Å². The van der Waals surface area contributed by atoms with Crippen molar-refractivity contribution in [1.29, 1.82) is 0 Å². The van der Waals surface area contributed by atoms with E-state index in [1.807, 2.05) is 0 Å². The molecule has 2 atom stereocenters. The second-order valence-corrected chi connectivity index (χ2v) is 4.93. The summed E-state index contributed by atoms with van der Waals surface area (Å²) in [5, 5.41) is 3.22. The van der Waals surface area contributed by atoms with E-state index >= 15 is 0 Å². The molecule has 0 saturated heterocycles. The molecule has 0 radical (unpaired) electrons. The van der Waals surface area contributed by atoms with Crippen molar-refractivity contribution in [2.75, 3.05) is 32.0 Å². The number of anilines is 1. The summed E-state index contributed by atoms with van der Waals surface area (Å²) < 4.78 is 10.0. The molecule has 1 heterocycles. The van der Waals surface area contributed by atoms with Gasteiger partial charge in [0.1, 0.15) is 0 Å². The summed E-state index contributed by atoms with van der Waals surface area (Å²) in [6, 6.07) is 0.490. The number of alkyl halides is 1. The second-order valence-electron chi connectivity index (χ2n) is 4.62. The van der Waals surface area contributed by atoms with Crippen molar-refractivity contribution in [3.05, 3.63) is 0 Å². The summed E-state index contributed by atoms with van der Waals surface area (Å²) in [7, 11) is 3.03.